The highest BCUT2D eigenvalue weighted by atomic mass is 16.1. The maximum Gasteiger partial charge on any atom is 0.200 e. The molecule has 108 valence electrons. The minimum absolute atomic E-state index is 0.0644. The average molecular weight is 266 g/mol. The Morgan fingerprint density at radius 3 is 2.58 bits per heavy atom. The molecule has 0 radical (unpaired) electrons. The van der Waals surface area contributed by atoms with Crippen molar-refractivity contribution in [3.8, 4) is 0 Å². The van der Waals surface area contributed by atoms with E-state index in [2.05, 4.69) is 24.1 Å². The Bertz CT molecular complexity index is 398. The number of Topliss-reactive ketones (excluding diaryl/α,β-unsaturated/α-hetero) is 1. The normalized spacial score (nSPS) is 13.2. The molecule has 19 heavy (non-hydrogen) atoms. The number of carbonyl (C=O) groups excluding carboxylic acids is 1. The molecule has 5 heteroatoms. The minimum Gasteiger partial charge on any atom is -0.369 e. The lowest BCUT2D eigenvalue weighted by molar-refractivity contribution is -0.124. The van der Waals surface area contributed by atoms with E-state index >= 15 is 0 Å². The first-order valence-corrected chi connectivity index (χ1v) is 6.98. The summed E-state index contributed by atoms with van der Waals surface area (Å²) in [5.41, 5.74) is 5.72. The SMILES string of the molecule is CC(C)NC(CCCn1ccnc1N)C(=O)C(C)C. The summed E-state index contributed by atoms with van der Waals surface area (Å²) in [6.45, 7) is 8.83. The second kappa shape index (κ2) is 7.28. The molecule has 0 fully saturated rings. The largest absolute Gasteiger partial charge is 0.369 e. The predicted molar refractivity (Wildman–Crippen MR) is 77.8 cm³/mol. The smallest absolute Gasteiger partial charge is 0.200 e. The number of carbonyl (C=O) groups is 1. The molecule has 0 aliphatic heterocycles. The van der Waals surface area contributed by atoms with Gasteiger partial charge in [-0.2, -0.15) is 0 Å². The maximum absolute atomic E-state index is 12.1. The highest BCUT2D eigenvalue weighted by Gasteiger charge is 2.21. The molecule has 1 aromatic heterocycles. The zero-order valence-electron chi connectivity index (χ0n) is 12.4. The van der Waals surface area contributed by atoms with Crippen LogP contribution < -0.4 is 11.1 Å². The number of aromatic nitrogens is 2. The van der Waals surface area contributed by atoms with Gasteiger partial charge in [0.15, 0.2) is 11.7 Å². The zero-order chi connectivity index (χ0) is 14.4. The van der Waals surface area contributed by atoms with E-state index in [0.717, 1.165) is 19.4 Å². The molecular formula is C14H26N4O. The van der Waals surface area contributed by atoms with Gasteiger partial charge in [0, 0.05) is 30.9 Å². The van der Waals surface area contributed by atoms with Gasteiger partial charge in [-0.15, -0.1) is 0 Å². The van der Waals surface area contributed by atoms with Gasteiger partial charge in [-0.3, -0.25) is 4.79 Å². The van der Waals surface area contributed by atoms with Crippen LogP contribution in [-0.4, -0.2) is 27.4 Å². The number of aryl methyl sites for hydroxylation is 1. The summed E-state index contributed by atoms with van der Waals surface area (Å²) in [7, 11) is 0. The van der Waals surface area contributed by atoms with Gasteiger partial charge in [0.2, 0.25) is 0 Å². The molecule has 0 spiro atoms. The van der Waals surface area contributed by atoms with Crippen LogP contribution in [0, 0.1) is 5.92 Å². The van der Waals surface area contributed by atoms with E-state index in [0.29, 0.717) is 12.0 Å². The van der Waals surface area contributed by atoms with E-state index in [-0.39, 0.29) is 17.7 Å². The molecule has 1 aromatic rings. The van der Waals surface area contributed by atoms with Crippen molar-refractivity contribution in [2.24, 2.45) is 5.92 Å². The van der Waals surface area contributed by atoms with Gasteiger partial charge in [-0.25, -0.2) is 4.98 Å². The maximum atomic E-state index is 12.1. The van der Waals surface area contributed by atoms with Crippen LogP contribution in [0.25, 0.3) is 0 Å². The van der Waals surface area contributed by atoms with Crippen LogP contribution in [0.1, 0.15) is 40.5 Å². The van der Waals surface area contributed by atoms with E-state index in [1.54, 1.807) is 6.20 Å². The van der Waals surface area contributed by atoms with Crippen molar-refractivity contribution in [3.05, 3.63) is 12.4 Å². The summed E-state index contributed by atoms with van der Waals surface area (Å²) in [5, 5.41) is 3.35. The first-order valence-electron chi connectivity index (χ1n) is 6.98. The zero-order valence-corrected chi connectivity index (χ0v) is 12.4. The molecular weight excluding hydrogens is 240 g/mol. The number of nitrogens with one attached hydrogen (secondary N) is 1. The third kappa shape index (κ3) is 5.03. The Balaban J connectivity index is 2.49. The molecule has 1 unspecified atom stereocenters. The fraction of sp³-hybridized carbons (Fsp3) is 0.714. The number of hydrogen-bond donors (Lipinski definition) is 2. The number of anilines is 1. The van der Waals surface area contributed by atoms with Gasteiger partial charge in [-0.05, 0) is 12.8 Å². The Labute approximate surface area is 115 Å². The highest BCUT2D eigenvalue weighted by molar-refractivity contribution is 5.85. The summed E-state index contributed by atoms with van der Waals surface area (Å²) >= 11 is 0. The van der Waals surface area contributed by atoms with E-state index in [1.807, 2.05) is 24.6 Å². The fourth-order valence-electron chi connectivity index (χ4n) is 2.11. The van der Waals surface area contributed by atoms with E-state index in [4.69, 9.17) is 5.73 Å². The van der Waals surface area contributed by atoms with E-state index in [1.165, 1.54) is 0 Å². The molecule has 0 aromatic carbocycles. The van der Waals surface area contributed by atoms with Crippen LogP contribution in [0.3, 0.4) is 0 Å². The Morgan fingerprint density at radius 2 is 2.11 bits per heavy atom. The molecule has 0 aliphatic rings. The van der Waals surface area contributed by atoms with Gasteiger partial charge < -0.3 is 15.6 Å². The van der Waals surface area contributed by atoms with Crippen molar-refractivity contribution in [3.63, 3.8) is 0 Å². The van der Waals surface area contributed by atoms with E-state index < -0.39 is 0 Å². The predicted octanol–water partition coefficient (Wildman–Crippen LogP) is 1.84. The summed E-state index contributed by atoms with van der Waals surface area (Å²) < 4.78 is 1.91. The standard InChI is InChI=1S/C14H26N4O/c1-10(2)13(19)12(17-11(3)4)6-5-8-18-9-7-16-14(18)15/h7,9-12,17H,5-6,8H2,1-4H3,(H2,15,16). The van der Waals surface area contributed by atoms with Crippen LogP contribution in [0.4, 0.5) is 5.95 Å². The van der Waals surface area contributed by atoms with Crippen molar-refractivity contribution >= 4 is 11.7 Å². The molecule has 0 amide bonds. The molecule has 0 saturated carbocycles. The molecule has 0 bridgehead atoms. The highest BCUT2D eigenvalue weighted by Crippen LogP contribution is 2.09. The number of imidazole rings is 1. The van der Waals surface area contributed by atoms with Crippen LogP contribution in [0.5, 0.6) is 0 Å². The van der Waals surface area contributed by atoms with Crippen molar-refractivity contribution in [1.82, 2.24) is 14.9 Å². The van der Waals surface area contributed by atoms with Crippen LogP contribution >= 0.6 is 0 Å². The number of nitrogens with zero attached hydrogens (tertiary/aromatic N) is 2. The molecule has 5 nitrogen and oxygen atoms in total. The van der Waals surface area contributed by atoms with Crippen molar-refractivity contribution in [1.29, 1.82) is 0 Å². The quantitative estimate of drug-likeness (QED) is 0.753. The Hall–Kier alpha value is -1.36. The van der Waals surface area contributed by atoms with Gasteiger partial charge in [0.25, 0.3) is 0 Å². The molecule has 0 aliphatic carbocycles. The van der Waals surface area contributed by atoms with Crippen molar-refractivity contribution < 1.29 is 4.79 Å². The molecule has 1 rings (SSSR count). The van der Waals surface area contributed by atoms with Gasteiger partial charge in [0.1, 0.15) is 0 Å². The third-order valence-electron chi connectivity index (χ3n) is 3.09. The second-order valence-corrected chi connectivity index (χ2v) is 5.55. The second-order valence-electron chi connectivity index (χ2n) is 5.55. The van der Waals surface area contributed by atoms with Gasteiger partial charge in [0.05, 0.1) is 6.04 Å². The Morgan fingerprint density at radius 1 is 1.42 bits per heavy atom. The van der Waals surface area contributed by atoms with Crippen LogP contribution in [0.2, 0.25) is 0 Å². The first-order chi connectivity index (χ1) is 8.91. The monoisotopic (exact) mass is 266 g/mol. The molecule has 3 N–H and O–H groups in total. The summed E-state index contributed by atoms with van der Waals surface area (Å²) in [4.78, 5) is 16.1. The number of hydrogen-bond acceptors (Lipinski definition) is 4. The topological polar surface area (TPSA) is 72.9 Å². The average Bonchev–Trinajstić information content (AvgIpc) is 2.72. The number of rotatable bonds is 8. The summed E-state index contributed by atoms with van der Waals surface area (Å²) in [5.74, 6) is 0.880. The number of nitrogen functional groups attached to an aromatic ring is 1. The lowest BCUT2D eigenvalue weighted by atomic mass is 9.97. The van der Waals surface area contributed by atoms with Crippen molar-refractivity contribution in [2.75, 3.05) is 5.73 Å². The minimum atomic E-state index is -0.0651. The van der Waals surface area contributed by atoms with Crippen LogP contribution in [-0.2, 0) is 11.3 Å². The first kappa shape index (κ1) is 15.7. The third-order valence-corrected chi connectivity index (χ3v) is 3.09. The lowest BCUT2D eigenvalue weighted by Crippen LogP contribution is -2.42. The van der Waals surface area contributed by atoms with Gasteiger partial charge >= 0.3 is 0 Å². The number of nitrogens with two attached hydrogens (primary N) is 1. The molecule has 1 heterocycles. The molecule has 0 saturated heterocycles. The number of ketones is 1. The Kier molecular flexibility index (Phi) is 6.02. The molecule has 1 atom stereocenters. The van der Waals surface area contributed by atoms with E-state index in [9.17, 15) is 4.79 Å². The van der Waals surface area contributed by atoms with Crippen LogP contribution in [0.15, 0.2) is 12.4 Å². The summed E-state index contributed by atoms with van der Waals surface area (Å²) in [6, 6.07) is 0.246. The van der Waals surface area contributed by atoms with Crippen molar-refractivity contribution in [2.45, 2.75) is 59.2 Å². The lowest BCUT2D eigenvalue weighted by Gasteiger charge is -2.22. The summed E-state index contributed by atoms with van der Waals surface area (Å²) in [6.07, 6.45) is 5.29. The fourth-order valence-corrected chi connectivity index (χ4v) is 2.11. The van der Waals surface area contributed by atoms with Gasteiger partial charge in [-0.1, -0.05) is 27.7 Å².